The van der Waals surface area contributed by atoms with Crippen molar-refractivity contribution in [1.29, 1.82) is 0 Å². The van der Waals surface area contributed by atoms with Crippen LogP contribution in [0.1, 0.15) is 38.7 Å². The second-order valence-corrected chi connectivity index (χ2v) is 5.52. The second kappa shape index (κ2) is 7.29. The lowest BCUT2D eigenvalue weighted by molar-refractivity contribution is -0.135. The van der Waals surface area contributed by atoms with Gasteiger partial charge in [-0.15, -0.1) is 0 Å². The number of amides is 2. The van der Waals surface area contributed by atoms with Gasteiger partial charge in [0.05, 0.1) is 6.61 Å². The van der Waals surface area contributed by atoms with E-state index in [0.29, 0.717) is 26.0 Å². The molecule has 1 aromatic carbocycles. The van der Waals surface area contributed by atoms with Crippen molar-refractivity contribution in [3.05, 3.63) is 23.8 Å². The van der Waals surface area contributed by atoms with Crippen LogP contribution in [-0.4, -0.2) is 35.9 Å². The predicted octanol–water partition coefficient (Wildman–Crippen LogP) is 2.73. The minimum Gasteiger partial charge on any atom is -0.494 e. The molecule has 0 unspecified atom stereocenters. The highest BCUT2D eigenvalue weighted by Crippen LogP contribution is 2.23. The molecule has 1 N–H and O–H groups in total. The van der Waals surface area contributed by atoms with Gasteiger partial charge < -0.3 is 15.0 Å². The summed E-state index contributed by atoms with van der Waals surface area (Å²) in [5, 5.41) is 2.91. The van der Waals surface area contributed by atoms with Crippen LogP contribution in [0.3, 0.4) is 0 Å². The predicted molar refractivity (Wildman–Crippen MR) is 86.0 cm³/mol. The van der Waals surface area contributed by atoms with Crippen LogP contribution in [0.25, 0.3) is 0 Å². The largest absolute Gasteiger partial charge is 0.494 e. The van der Waals surface area contributed by atoms with Gasteiger partial charge in [0, 0.05) is 18.7 Å². The van der Waals surface area contributed by atoms with Crippen molar-refractivity contribution >= 4 is 17.5 Å². The van der Waals surface area contributed by atoms with Crippen molar-refractivity contribution in [2.24, 2.45) is 0 Å². The first-order valence-corrected chi connectivity index (χ1v) is 7.90. The minimum atomic E-state index is -0.387. The highest BCUT2D eigenvalue weighted by atomic mass is 16.5. The number of anilines is 1. The molecule has 0 bridgehead atoms. The number of hydrogen-bond donors (Lipinski definition) is 1. The van der Waals surface area contributed by atoms with Crippen molar-refractivity contribution in [2.45, 2.75) is 46.1 Å². The van der Waals surface area contributed by atoms with E-state index in [0.717, 1.165) is 23.4 Å². The third-order valence-electron chi connectivity index (χ3n) is 3.92. The first kappa shape index (κ1) is 16.3. The molecule has 0 saturated carbocycles. The standard InChI is InChI=1S/C17H24N2O3/c1-4-14(19-10-6-7-16(19)20)17(21)18-13-8-9-15(22-5-2)12(3)11-13/h8-9,11,14H,4-7,10H2,1-3H3,(H,18,21)/t14-/m1/s1. The Bertz CT molecular complexity index is 557. The zero-order chi connectivity index (χ0) is 16.1. The summed E-state index contributed by atoms with van der Waals surface area (Å²) in [5.41, 5.74) is 1.71. The molecule has 0 radical (unpaired) electrons. The third-order valence-corrected chi connectivity index (χ3v) is 3.92. The Balaban J connectivity index is 2.07. The monoisotopic (exact) mass is 304 g/mol. The summed E-state index contributed by atoms with van der Waals surface area (Å²) < 4.78 is 5.49. The molecule has 1 aliphatic rings. The van der Waals surface area contributed by atoms with Crippen LogP contribution in [0, 0.1) is 6.92 Å². The molecule has 1 aromatic rings. The van der Waals surface area contributed by atoms with E-state index in [-0.39, 0.29) is 17.9 Å². The van der Waals surface area contributed by atoms with Crippen molar-refractivity contribution in [2.75, 3.05) is 18.5 Å². The number of hydrogen-bond acceptors (Lipinski definition) is 3. The smallest absolute Gasteiger partial charge is 0.247 e. The van der Waals surface area contributed by atoms with Crippen LogP contribution in [0.2, 0.25) is 0 Å². The van der Waals surface area contributed by atoms with Crippen molar-refractivity contribution in [1.82, 2.24) is 4.90 Å². The molecule has 2 amide bonds. The Morgan fingerprint density at radius 1 is 1.41 bits per heavy atom. The van der Waals surface area contributed by atoms with Gasteiger partial charge in [-0.25, -0.2) is 0 Å². The number of aryl methyl sites for hydroxylation is 1. The number of nitrogens with one attached hydrogen (secondary N) is 1. The van der Waals surface area contributed by atoms with Gasteiger partial charge in [-0.3, -0.25) is 9.59 Å². The SMILES string of the molecule is CCOc1ccc(NC(=O)[C@@H](CC)N2CCCC2=O)cc1C. The highest BCUT2D eigenvalue weighted by molar-refractivity contribution is 5.97. The van der Waals surface area contributed by atoms with E-state index >= 15 is 0 Å². The summed E-state index contributed by atoms with van der Waals surface area (Å²) in [7, 11) is 0. The maximum absolute atomic E-state index is 12.5. The van der Waals surface area contributed by atoms with Gasteiger partial charge in [-0.1, -0.05) is 6.92 Å². The highest BCUT2D eigenvalue weighted by Gasteiger charge is 2.31. The molecule has 22 heavy (non-hydrogen) atoms. The molecule has 5 heteroatoms. The number of benzene rings is 1. The Morgan fingerprint density at radius 3 is 2.73 bits per heavy atom. The number of likely N-dealkylation sites (tertiary alicyclic amines) is 1. The Labute approximate surface area is 131 Å². The molecule has 120 valence electrons. The van der Waals surface area contributed by atoms with Gasteiger partial charge in [0.1, 0.15) is 11.8 Å². The van der Waals surface area contributed by atoms with Crippen LogP contribution in [0.4, 0.5) is 5.69 Å². The molecule has 5 nitrogen and oxygen atoms in total. The molecule has 1 heterocycles. The molecule has 1 fully saturated rings. The fraction of sp³-hybridized carbons (Fsp3) is 0.529. The summed E-state index contributed by atoms with van der Waals surface area (Å²) >= 11 is 0. The van der Waals surface area contributed by atoms with Crippen LogP contribution >= 0.6 is 0 Å². The Hall–Kier alpha value is -2.04. The van der Waals surface area contributed by atoms with Gasteiger partial charge in [-0.2, -0.15) is 0 Å². The van der Waals surface area contributed by atoms with Crippen molar-refractivity contribution in [3.63, 3.8) is 0 Å². The summed E-state index contributed by atoms with van der Waals surface area (Å²) in [4.78, 5) is 26.0. The maximum atomic E-state index is 12.5. The molecular weight excluding hydrogens is 280 g/mol. The van der Waals surface area contributed by atoms with E-state index in [1.807, 2.05) is 39.0 Å². The number of carbonyl (C=O) groups excluding carboxylic acids is 2. The van der Waals surface area contributed by atoms with E-state index in [4.69, 9.17) is 4.74 Å². The van der Waals surface area contributed by atoms with E-state index in [1.54, 1.807) is 4.90 Å². The first-order valence-electron chi connectivity index (χ1n) is 7.90. The van der Waals surface area contributed by atoms with E-state index in [9.17, 15) is 9.59 Å². The topological polar surface area (TPSA) is 58.6 Å². The zero-order valence-electron chi connectivity index (χ0n) is 13.5. The summed E-state index contributed by atoms with van der Waals surface area (Å²) in [6.07, 6.45) is 2.00. The number of nitrogens with zero attached hydrogens (tertiary/aromatic N) is 1. The normalized spacial score (nSPS) is 15.8. The fourth-order valence-corrected chi connectivity index (χ4v) is 2.82. The van der Waals surface area contributed by atoms with E-state index in [2.05, 4.69) is 5.32 Å². The number of carbonyl (C=O) groups is 2. The van der Waals surface area contributed by atoms with Gasteiger partial charge >= 0.3 is 0 Å². The zero-order valence-corrected chi connectivity index (χ0v) is 13.5. The van der Waals surface area contributed by atoms with Crippen LogP contribution < -0.4 is 10.1 Å². The molecule has 0 aromatic heterocycles. The van der Waals surface area contributed by atoms with Crippen LogP contribution in [-0.2, 0) is 9.59 Å². The molecular formula is C17H24N2O3. The summed E-state index contributed by atoms with van der Waals surface area (Å²) in [5.74, 6) is 0.772. The molecule has 0 spiro atoms. The molecule has 2 rings (SSSR count). The van der Waals surface area contributed by atoms with Gasteiger partial charge in [-0.05, 0) is 50.5 Å². The Kier molecular flexibility index (Phi) is 5.41. The Morgan fingerprint density at radius 2 is 2.18 bits per heavy atom. The first-order chi connectivity index (χ1) is 10.6. The molecule has 1 aliphatic heterocycles. The molecule has 1 saturated heterocycles. The molecule has 0 aliphatic carbocycles. The lowest BCUT2D eigenvalue weighted by atomic mass is 10.1. The number of ether oxygens (including phenoxy) is 1. The van der Waals surface area contributed by atoms with Crippen molar-refractivity contribution in [3.8, 4) is 5.75 Å². The minimum absolute atomic E-state index is 0.0740. The lowest BCUT2D eigenvalue weighted by Gasteiger charge is -2.25. The van der Waals surface area contributed by atoms with Crippen molar-refractivity contribution < 1.29 is 14.3 Å². The summed E-state index contributed by atoms with van der Waals surface area (Å²) in [6, 6.07) is 5.19. The quantitative estimate of drug-likeness (QED) is 0.879. The van der Waals surface area contributed by atoms with E-state index < -0.39 is 0 Å². The van der Waals surface area contributed by atoms with Gasteiger partial charge in [0.25, 0.3) is 0 Å². The third kappa shape index (κ3) is 3.59. The van der Waals surface area contributed by atoms with Gasteiger partial charge in [0.2, 0.25) is 11.8 Å². The van der Waals surface area contributed by atoms with Crippen LogP contribution in [0.5, 0.6) is 5.75 Å². The lowest BCUT2D eigenvalue weighted by Crippen LogP contribution is -2.44. The maximum Gasteiger partial charge on any atom is 0.247 e. The fourth-order valence-electron chi connectivity index (χ4n) is 2.82. The van der Waals surface area contributed by atoms with Gasteiger partial charge in [0.15, 0.2) is 0 Å². The average Bonchev–Trinajstić information content (AvgIpc) is 2.89. The van der Waals surface area contributed by atoms with E-state index in [1.165, 1.54) is 0 Å². The second-order valence-electron chi connectivity index (χ2n) is 5.52. The average molecular weight is 304 g/mol. The summed E-state index contributed by atoms with van der Waals surface area (Å²) in [6.45, 7) is 7.10. The number of rotatable bonds is 6. The molecule has 1 atom stereocenters. The van der Waals surface area contributed by atoms with Crippen LogP contribution in [0.15, 0.2) is 18.2 Å².